The highest BCUT2D eigenvalue weighted by molar-refractivity contribution is 6.30. The van der Waals surface area contributed by atoms with E-state index >= 15 is 0 Å². The number of nitrogens with one attached hydrogen (secondary N) is 1. The van der Waals surface area contributed by atoms with Crippen molar-refractivity contribution in [2.75, 3.05) is 25.5 Å². The van der Waals surface area contributed by atoms with E-state index in [0.717, 1.165) is 24.7 Å². The van der Waals surface area contributed by atoms with Crippen LogP contribution in [0.2, 0.25) is 5.02 Å². The van der Waals surface area contributed by atoms with Gasteiger partial charge < -0.3 is 5.32 Å². The van der Waals surface area contributed by atoms with Gasteiger partial charge in [0.25, 0.3) is 0 Å². The Hall–Kier alpha value is -1.51. The van der Waals surface area contributed by atoms with Gasteiger partial charge in [0.1, 0.15) is 0 Å². The first-order valence-electron chi connectivity index (χ1n) is 8.50. The molecule has 1 saturated heterocycles. The van der Waals surface area contributed by atoms with E-state index in [1.54, 1.807) is 0 Å². The molecule has 124 valence electrons. The van der Waals surface area contributed by atoms with Gasteiger partial charge in [-0.1, -0.05) is 55.8 Å². The summed E-state index contributed by atoms with van der Waals surface area (Å²) in [6, 6.07) is 16.8. The Bertz CT molecular complexity index is 598. The molecule has 3 rings (SSSR count). The molecule has 0 saturated carbocycles. The van der Waals surface area contributed by atoms with E-state index in [2.05, 4.69) is 52.7 Å². The van der Waals surface area contributed by atoms with Crippen LogP contribution in [0.25, 0.3) is 0 Å². The number of benzene rings is 2. The van der Waals surface area contributed by atoms with Crippen LogP contribution in [-0.4, -0.2) is 25.0 Å². The number of hydrogen-bond donors (Lipinski definition) is 1. The number of anilines is 1. The quantitative estimate of drug-likeness (QED) is 0.807. The van der Waals surface area contributed by atoms with Crippen LogP contribution in [0.5, 0.6) is 0 Å². The van der Waals surface area contributed by atoms with E-state index in [1.807, 2.05) is 27.0 Å². The number of hydrogen-bond acceptors (Lipinski definition) is 2. The van der Waals surface area contributed by atoms with Gasteiger partial charge in [-0.3, -0.25) is 4.90 Å². The average molecular weight is 331 g/mol. The third-order valence-electron chi connectivity index (χ3n) is 4.24. The van der Waals surface area contributed by atoms with Crippen molar-refractivity contribution >= 4 is 17.3 Å². The van der Waals surface area contributed by atoms with Crippen molar-refractivity contribution in [3.8, 4) is 0 Å². The first-order valence-corrected chi connectivity index (χ1v) is 8.87. The largest absolute Gasteiger partial charge is 0.388 e. The molecule has 0 amide bonds. The molecular formula is C20H27ClN2. The number of rotatable bonds is 4. The molecule has 0 radical (unpaired) electrons. The fourth-order valence-electron chi connectivity index (χ4n) is 3.17. The second kappa shape index (κ2) is 8.95. The van der Waals surface area contributed by atoms with Gasteiger partial charge in [0.2, 0.25) is 0 Å². The highest BCUT2D eigenvalue weighted by Gasteiger charge is 2.25. The second-order valence-electron chi connectivity index (χ2n) is 5.69. The van der Waals surface area contributed by atoms with Crippen LogP contribution in [0.1, 0.15) is 37.3 Å². The Labute approximate surface area is 145 Å². The van der Waals surface area contributed by atoms with Gasteiger partial charge in [-0.15, -0.1) is 0 Å². The van der Waals surface area contributed by atoms with Gasteiger partial charge in [-0.25, -0.2) is 0 Å². The molecule has 0 spiro atoms. The molecule has 1 aliphatic heterocycles. The molecule has 1 fully saturated rings. The molecule has 1 N–H and O–H groups in total. The Morgan fingerprint density at radius 1 is 1.13 bits per heavy atom. The standard InChI is InChI=1S/C18H21ClN2.C2H6/c1-20-18-8-7-16(19)11-17(18)15-9-10-21(13-15)12-14-5-3-2-4-6-14;1-2/h2-8,11,15,20H,9-10,12-13H2,1H3;1-2H3. The third-order valence-corrected chi connectivity index (χ3v) is 4.48. The highest BCUT2D eigenvalue weighted by Crippen LogP contribution is 2.34. The summed E-state index contributed by atoms with van der Waals surface area (Å²) in [6.45, 7) is 7.28. The molecule has 3 heteroatoms. The van der Waals surface area contributed by atoms with Crippen LogP contribution in [0.4, 0.5) is 5.69 Å². The van der Waals surface area contributed by atoms with Crippen LogP contribution in [0.3, 0.4) is 0 Å². The van der Waals surface area contributed by atoms with E-state index < -0.39 is 0 Å². The normalized spacial score (nSPS) is 17.5. The minimum atomic E-state index is 0.565. The van der Waals surface area contributed by atoms with Crippen molar-refractivity contribution in [2.45, 2.75) is 32.7 Å². The molecule has 23 heavy (non-hydrogen) atoms. The van der Waals surface area contributed by atoms with E-state index in [4.69, 9.17) is 11.6 Å². The molecule has 0 aromatic heterocycles. The lowest BCUT2D eigenvalue weighted by Crippen LogP contribution is -2.19. The van der Waals surface area contributed by atoms with Gasteiger partial charge in [0.05, 0.1) is 0 Å². The first-order chi connectivity index (χ1) is 11.3. The first kappa shape index (κ1) is 17.8. The van der Waals surface area contributed by atoms with E-state index in [0.29, 0.717) is 5.92 Å². The fourth-order valence-corrected chi connectivity index (χ4v) is 3.35. The van der Waals surface area contributed by atoms with Gasteiger partial charge in [-0.2, -0.15) is 0 Å². The van der Waals surface area contributed by atoms with Crippen molar-refractivity contribution in [2.24, 2.45) is 0 Å². The lowest BCUT2D eigenvalue weighted by molar-refractivity contribution is 0.327. The van der Waals surface area contributed by atoms with Crippen LogP contribution in [0.15, 0.2) is 48.5 Å². The molecule has 1 heterocycles. The summed E-state index contributed by atoms with van der Waals surface area (Å²) in [5.74, 6) is 0.565. The topological polar surface area (TPSA) is 15.3 Å². The maximum absolute atomic E-state index is 6.18. The Morgan fingerprint density at radius 2 is 1.87 bits per heavy atom. The van der Waals surface area contributed by atoms with Gasteiger partial charge in [0.15, 0.2) is 0 Å². The molecule has 0 bridgehead atoms. The maximum atomic E-state index is 6.18. The van der Waals surface area contributed by atoms with E-state index in [1.165, 1.54) is 23.2 Å². The van der Waals surface area contributed by atoms with Gasteiger partial charge in [0, 0.05) is 30.8 Å². The van der Waals surface area contributed by atoms with Crippen LogP contribution in [-0.2, 0) is 6.54 Å². The summed E-state index contributed by atoms with van der Waals surface area (Å²) in [5, 5.41) is 4.11. The smallest absolute Gasteiger partial charge is 0.0410 e. The van der Waals surface area contributed by atoms with Crippen molar-refractivity contribution < 1.29 is 0 Å². The summed E-state index contributed by atoms with van der Waals surface area (Å²) < 4.78 is 0. The number of likely N-dealkylation sites (tertiary alicyclic amines) is 1. The average Bonchev–Trinajstić information content (AvgIpc) is 3.06. The highest BCUT2D eigenvalue weighted by atomic mass is 35.5. The van der Waals surface area contributed by atoms with E-state index in [-0.39, 0.29) is 0 Å². The minimum absolute atomic E-state index is 0.565. The summed E-state index contributed by atoms with van der Waals surface area (Å²) in [7, 11) is 1.98. The van der Waals surface area contributed by atoms with Crippen LogP contribution in [0, 0.1) is 0 Å². The Balaban J connectivity index is 0.000000924. The molecule has 2 aromatic carbocycles. The zero-order valence-corrected chi connectivity index (χ0v) is 15.1. The molecular weight excluding hydrogens is 304 g/mol. The number of nitrogens with zero attached hydrogens (tertiary/aromatic N) is 1. The third kappa shape index (κ3) is 4.73. The summed E-state index contributed by atoms with van der Waals surface area (Å²) in [4.78, 5) is 2.53. The van der Waals surface area contributed by atoms with Crippen molar-refractivity contribution in [1.29, 1.82) is 0 Å². The van der Waals surface area contributed by atoms with Gasteiger partial charge in [-0.05, 0) is 48.2 Å². The zero-order chi connectivity index (χ0) is 16.7. The molecule has 1 atom stereocenters. The monoisotopic (exact) mass is 330 g/mol. The van der Waals surface area contributed by atoms with E-state index in [9.17, 15) is 0 Å². The van der Waals surface area contributed by atoms with Crippen molar-refractivity contribution in [1.82, 2.24) is 4.90 Å². The molecule has 1 unspecified atom stereocenters. The molecule has 2 aromatic rings. The minimum Gasteiger partial charge on any atom is -0.388 e. The summed E-state index contributed by atoms with van der Waals surface area (Å²) >= 11 is 6.18. The van der Waals surface area contributed by atoms with Crippen LogP contribution < -0.4 is 5.32 Å². The Morgan fingerprint density at radius 3 is 2.57 bits per heavy atom. The van der Waals surface area contributed by atoms with Gasteiger partial charge >= 0.3 is 0 Å². The summed E-state index contributed by atoms with van der Waals surface area (Å²) in [5.41, 5.74) is 3.93. The Kier molecular flexibility index (Phi) is 6.94. The molecule has 2 nitrogen and oxygen atoms in total. The fraction of sp³-hybridized carbons (Fsp3) is 0.400. The molecule has 0 aliphatic carbocycles. The predicted molar refractivity (Wildman–Crippen MR) is 101 cm³/mol. The zero-order valence-electron chi connectivity index (χ0n) is 14.3. The number of halogens is 1. The lowest BCUT2D eigenvalue weighted by Gasteiger charge is -2.18. The van der Waals surface area contributed by atoms with Crippen molar-refractivity contribution in [3.05, 3.63) is 64.7 Å². The second-order valence-corrected chi connectivity index (χ2v) is 6.12. The maximum Gasteiger partial charge on any atom is 0.0410 e. The summed E-state index contributed by atoms with van der Waals surface area (Å²) in [6.07, 6.45) is 1.20. The predicted octanol–water partition coefficient (Wildman–Crippen LogP) is 5.40. The van der Waals surface area contributed by atoms with Crippen LogP contribution >= 0.6 is 11.6 Å². The van der Waals surface area contributed by atoms with Crippen molar-refractivity contribution in [3.63, 3.8) is 0 Å². The SMILES string of the molecule is CC.CNc1ccc(Cl)cc1C1CCN(Cc2ccccc2)C1. The lowest BCUT2D eigenvalue weighted by atomic mass is 9.96. The molecule has 1 aliphatic rings.